The molecular formula is C30H61N3O6. The Bertz CT molecular complexity index is 626. The summed E-state index contributed by atoms with van der Waals surface area (Å²) in [6, 6.07) is 0. The largest absolute Gasteiger partial charge is 0.481 e. The number of rotatable bonds is 21. The Labute approximate surface area is 239 Å². The van der Waals surface area contributed by atoms with Crippen molar-refractivity contribution < 1.29 is 29.4 Å². The maximum atomic E-state index is 10.9. The van der Waals surface area contributed by atoms with Gasteiger partial charge in [-0.05, 0) is 45.2 Å². The van der Waals surface area contributed by atoms with E-state index in [1.54, 1.807) is 13.8 Å². The first kappa shape index (κ1) is 41.6. The van der Waals surface area contributed by atoms with Crippen LogP contribution in [0.2, 0.25) is 0 Å². The van der Waals surface area contributed by atoms with Crippen molar-refractivity contribution in [2.75, 3.05) is 52.9 Å². The smallest absolute Gasteiger partial charge is 0.304 e. The number of aliphatic carboxylic acids is 2. The van der Waals surface area contributed by atoms with E-state index in [0.29, 0.717) is 44.3 Å². The van der Waals surface area contributed by atoms with E-state index in [4.69, 9.17) is 10.2 Å². The number of carbonyl (C=O) groups is 4. The van der Waals surface area contributed by atoms with Crippen molar-refractivity contribution >= 4 is 23.5 Å². The quantitative estimate of drug-likeness (QED) is 0.169. The summed E-state index contributed by atoms with van der Waals surface area (Å²) in [5.74, 6) is 0.848. The number of nitrogens with zero attached hydrogens (tertiary/aromatic N) is 2. The van der Waals surface area contributed by atoms with Crippen molar-refractivity contribution in [1.29, 1.82) is 0 Å². The number of carboxylic acid groups (broad SMARTS) is 2. The summed E-state index contributed by atoms with van der Waals surface area (Å²) in [6.45, 7) is 21.8. The first-order chi connectivity index (χ1) is 18.2. The van der Waals surface area contributed by atoms with Crippen LogP contribution in [0.4, 0.5) is 0 Å². The van der Waals surface area contributed by atoms with Crippen LogP contribution in [-0.2, 0) is 19.2 Å². The summed E-state index contributed by atoms with van der Waals surface area (Å²) in [4.78, 5) is 46.3. The molecule has 0 heterocycles. The van der Waals surface area contributed by atoms with Crippen LogP contribution >= 0.6 is 0 Å². The lowest BCUT2D eigenvalue weighted by atomic mass is 10.1. The highest BCUT2D eigenvalue weighted by atomic mass is 16.4. The summed E-state index contributed by atoms with van der Waals surface area (Å²) < 4.78 is 0. The highest BCUT2D eigenvalue weighted by molar-refractivity contribution is 5.75. The van der Waals surface area contributed by atoms with Crippen molar-refractivity contribution in [2.45, 2.75) is 100 Å². The molecule has 0 aromatic rings. The normalized spacial score (nSPS) is 13.0. The van der Waals surface area contributed by atoms with E-state index in [1.165, 1.54) is 6.42 Å². The lowest BCUT2D eigenvalue weighted by Crippen LogP contribution is -2.32. The van der Waals surface area contributed by atoms with Gasteiger partial charge in [0.2, 0.25) is 0 Å². The molecule has 3 unspecified atom stereocenters. The third kappa shape index (κ3) is 36.2. The average molecular weight is 560 g/mol. The molecule has 0 aromatic carbocycles. The van der Waals surface area contributed by atoms with Crippen LogP contribution in [0.15, 0.2) is 0 Å². The molecule has 3 N–H and O–H groups in total. The Balaban J connectivity index is -0.000000510. The summed E-state index contributed by atoms with van der Waals surface area (Å²) in [7, 11) is 1.97. The first-order valence-corrected chi connectivity index (χ1v) is 14.7. The topological polar surface area (TPSA) is 127 Å². The van der Waals surface area contributed by atoms with Gasteiger partial charge in [-0.2, -0.15) is 0 Å². The molecule has 9 heteroatoms. The van der Waals surface area contributed by atoms with Gasteiger partial charge in [0.05, 0.1) is 12.8 Å². The van der Waals surface area contributed by atoms with E-state index in [-0.39, 0.29) is 24.4 Å². The van der Waals surface area contributed by atoms with Gasteiger partial charge in [0.15, 0.2) is 0 Å². The lowest BCUT2D eigenvalue weighted by molar-refractivity contribution is -0.138. The van der Waals surface area contributed by atoms with E-state index < -0.39 is 11.9 Å². The van der Waals surface area contributed by atoms with E-state index in [9.17, 15) is 19.2 Å². The number of hydrogen-bond donors (Lipinski definition) is 3. The van der Waals surface area contributed by atoms with Crippen LogP contribution in [0.5, 0.6) is 0 Å². The number of carboxylic acids is 2. The van der Waals surface area contributed by atoms with Crippen LogP contribution in [0.1, 0.15) is 100 Å². The molecule has 0 aliphatic heterocycles. The molecule has 0 fully saturated rings. The van der Waals surface area contributed by atoms with E-state index >= 15 is 0 Å². The second kappa shape index (κ2) is 27.7. The third-order valence-electron chi connectivity index (χ3n) is 6.56. The number of carbonyl (C=O) groups excluding carboxylic acids is 2. The van der Waals surface area contributed by atoms with E-state index in [1.807, 2.05) is 7.05 Å². The molecule has 3 atom stereocenters. The molecule has 0 rings (SSSR count). The molecule has 0 bridgehead atoms. The molecule has 0 saturated heterocycles. The molecular weight excluding hydrogens is 498 g/mol. The molecule has 0 aromatic heterocycles. The molecule has 0 aliphatic rings. The number of nitrogens with one attached hydrogen (secondary N) is 1. The van der Waals surface area contributed by atoms with Crippen molar-refractivity contribution in [3.63, 3.8) is 0 Å². The van der Waals surface area contributed by atoms with Gasteiger partial charge in [-0.25, -0.2) is 0 Å². The maximum Gasteiger partial charge on any atom is 0.304 e. The molecule has 9 nitrogen and oxygen atoms in total. The molecule has 0 spiro atoms. The maximum absolute atomic E-state index is 10.9. The standard InChI is InChI=1S/C12H23NO3.C9H19NO2.C9H19NO/c1-4-10(2)9-13(7-5-11(3)14)8-6-12(15)16;1-4-8(2)7-10(3)6-5-9(11)12;1-4-8(2)7-10-6-5-9(3)11/h10H,4-9H2,1-3H3,(H,15,16);8H,4-7H2,1-3H3,(H,11,12);8,10H,4-7H2,1-3H3. The number of ketones is 2. The van der Waals surface area contributed by atoms with Crippen molar-refractivity contribution in [1.82, 2.24) is 15.1 Å². The van der Waals surface area contributed by atoms with E-state index in [0.717, 1.165) is 44.9 Å². The van der Waals surface area contributed by atoms with Gasteiger partial charge < -0.3 is 25.3 Å². The predicted molar refractivity (Wildman–Crippen MR) is 160 cm³/mol. The van der Waals surface area contributed by atoms with Crippen molar-refractivity contribution in [2.24, 2.45) is 17.8 Å². The lowest BCUT2D eigenvalue weighted by Gasteiger charge is -2.24. The minimum Gasteiger partial charge on any atom is -0.481 e. The fourth-order valence-corrected chi connectivity index (χ4v) is 3.23. The fraction of sp³-hybridized carbons (Fsp3) is 0.867. The molecule has 0 amide bonds. The van der Waals surface area contributed by atoms with Crippen LogP contribution in [0.3, 0.4) is 0 Å². The third-order valence-corrected chi connectivity index (χ3v) is 6.56. The van der Waals surface area contributed by atoms with Crippen molar-refractivity contribution in [3.8, 4) is 0 Å². The summed E-state index contributed by atoms with van der Waals surface area (Å²) in [5.41, 5.74) is 0. The highest BCUT2D eigenvalue weighted by Gasteiger charge is 2.11. The Morgan fingerprint density at radius 2 is 1.10 bits per heavy atom. The Morgan fingerprint density at radius 3 is 1.54 bits per heavy atom. The molecule has 232 valence electrons. The molecule has 0 aliphatic carbocycles. The minimum atomic E-state index is -0.781. The molecule has 0 radical (unpaired) electrons. The Hall–Kier alpha value is -1.84. The molecule has 0 saturated carbocycles. The van der Waals surface area contributed by atoms with Gasteiger partial charge in [-0.3, -0.25) is 19.2 Å². The van der Waals surface area contributed by atoms with Crippen LogP contribution in [0.25, 0.3) is 0 Å². The second-order valence-corrected chi connectivity index (χ2v) is 11.0. The van der Waals surface area contributed by atoms with Crippen molar-refractivity contribution in [3.05, 3.63) is 0 Å². The van der Waals surface area contributed by atoms with Crippen LogP contribution in [0, 0.1) is 17.8 Å². The van der Waals surface area contributed by atoms with Crippen LogP contribution in [-0.4, -0.2) is 96.4 Å². The zero-order chi connectivity index (χ0) is 30.8. The SMILES string of the molecule is CCC(C)CN(C)CCC(=O)O.CCC(C)CN(CCC(C)=O)CCC(=O)O.CCC(C)CNCCC(C)=O. The summed E-state index contributed by atoms with van der Waals surface area (Å²) in [5, 5.41) is 20.3. The van der Waals surface area contributed by atoms with Crippen LogP contribution < -0.4 is 5.32 Å². The van der Waals surface area contributed by atoms with Gasteiger partial charge in [0, 0.05) is 52.1 Å². The van der Waals surface area contributed by atoms with E-state index in [2.05, 4.69) is 56.7 Å². The van der Waals surface area contributed by atoms with Gasteiger partial charge in [0.1, 0.15) is 11.6 Å². The van der Waals surface area contributed by atoms with Gasteiger partial charge in [0.25, 0.3) is 0 Å². The number of hydrogen-bond acceptors (Lipinski definition) is 7. The average Bonchev–Trinajstić information content (AvgIpc) is 2.86. The van der Waals surface area contributed by atoms with Gasteiger partial charge >= 0.3 is 11.9 Å². The fourth-order valence-electron chi connectivity index (χ4n) is 3.23. The first-order valence-electron chi connectivity index (χ1n) is 14.7. The monoisotopic (exact) mass is 559 g/mol. The Kier molecular flexibility index (Phi) is 29.6. The predicted octanol–water partition coefficient (Wildman–Crippen LogP) is 4.83. The highest BCUT2D eigenvalue weighted by Crippen LogP contribution is 2.06. The second-order valence-electron chi connectivity index (χ2n) is 11.0. The zero-order valence-electron chi connectivity index (χ0n) is 26.6. The van der Waals surface area contributed by atoms with Gasteiger partial charge in [-0.1, -0.05) is 60.8 Å². The molecule has 39 heavy (non-hydrogen) atoms. The van der Waals surface area contributed by atoms with Gasteiger partial charge in [-0.15, -0.1) is 0 Å². The summed E-state index contributed by atoms with van der Waals surface area (Å²) in [6.07, 6.45) is 4.99. The summed E-state index contributed by atoms with van der Waals surface area (Å²) >= 11 is 0. The minimum absolute atomic E-state index is 0.147. The Morgan fingerprint density at radius 1 is 0.667 bits per heavy atom. The zero-order valence-corrected chi connectivity index (χ0v) is 26.6. The number of Topliss-reactive ketones (excluding diaryl/α,β-unsaturated/α-hetero) is 2.